The smallest absolute Gasteiger partial charge is 0.313 e. The van der Waals surface area contributed by atoms with Crippen LogP contribution in [-0.4, -0.2) is 82.5 Å². The summed E-state index contributed by atoms with van der Waals surface area (Å²) in [5.74, 6) is -3.65. The molecule has 7 atom stereocenters. The number of nitrogens with zero attached hydrogens (tertiary/aromatic N) is 2. The van der Waals surface area contributed by atoms with Crippen molar-refractivity contribution in [1.29, 1.82) is 0 Å². The van der Waals surface area contributed by atoms with Crippen LogP contribution in [-0.2, 0) is 28.7 Å². The third-order valence-corrected chi connectivity index (χ3v) is 10.2. The van der Waals surface area contributed by atoms with Crippen molar-refractivity contribution in [3.05, 3.63) is 90.5 Å². The Morgan fingerprint density at radius 2 is 1.89 bits per heavy atom. The predicted molar refractivity (Wildman–Crippen MR) is 181 cm³/mol. The molecule has 5 rings (SSSR count). The number of aliphatic hydroxyl groups excluding tert-OH is 1. The standard InChI is InChI=1S/C35H39BrClN3O7/c1-3-5-12-27(42)38-21-26(22-10-7-6-8-11-22)46-34(45)28-29-32(43)40(18-9-19-41)31(35(29)20-25(36)30(28)47-35)33(44)39(17-4-2)24-15-13-23(37)14-16-24/h3-4,6-8,10-11,13-16,25-26,28-31,41H,1-2,5,9,12,17-21H2,(H,38,42)/t25?,26-,28-,29+,30-,31-,35+/m0/s1. The lowest BCUT2D eigenvalue weighted by Crippen LogP contribution is -2.57. The Bertz CT molecular complexity index is 1490. The van der Waals surface area contributed by atoms with E-state index in [1.54, 1.807) is 48.6 Å². The number of hydrogen-bond donors (Lipinski definition) is 2. The summed E-state index contributed by atoms with van der Waals surface area (Å²) in [7, 11) is 0. The van der Waals surface area contributed by atoms with Crippen LogP contribution < -0.4 is 10.2 Å². The molecule has 250 valence electrons. The van der Waals surface area contributed by atoms with Crippen LogP contribution in [0.15, 0.2) is 79.9 Å². The number of carbonyl (C=O) groups excluding carboxylic acids is 4. The number of ether oxygens (including phenoxy) is 2. The number of benzene rings is 2. The van der Waals surface area contributed by atoms with Gasteiger partial charge < -0.3 is 29.7 Å². The van der Waals surface area contributed by atoms with E-state index in [0.29, 0.717) is 29.1 Å². The highest BCUT2D eigenvalue weighted by atomic mass is 79.9. The number of alkyl halides is 1. The first-order valence-electron chi connectivity index (χ1n) is 15.7. The highest BCUT2D eigenvalue weighted by Crippen LogP contribution is 2.60. The number of rotatable bonds is 15. The molecule has 3 saturated heterocycles. The zero-order valence-electron chi connectivity index (χ0n) is 25.9. The van der Waals surface area contributed by atoms with Gasteiger partial charge in [-0.1, -0.05) is 70.0 Å². The Balaban J connectivity index is 1.47. The minimum absolute atomic E-state index is 0.0345. The van der Waals surface area contributed by atoms with Crippen LogP contribution >= 0.6 is 27.5 Å². The number of nitrogens with one attached hydrogen (secondary N) is 1. The van der Waals surface area contributed by atoms with E-state index in [1.807, 2.05) is 18.2 Å². The first-order chi connectivity index (χ1) is 22.7. The molecule has 3 aliphatic rings. The number of anilines is 1. The van der Waals surface area contributed by atoms with Crippen molar-refractivity contribution in [3.63, 3.8) is 0 Å². The topological polar surface area (TPSA) is 125 Å². The van der Waals surface area contributed by atoms with Gasteiger partial charge >= 0.3 is 5.97 Å². The van der Waals surface area contributed by atoms with Crippen molar-refractivity contribution in [1.82, 2.24) is 10.2 Å². The molecule has 47 heavy (non-hydrogen) atoms. The normalized spacial score (nSPS) is 26.4. The zero-order chi connectivity index (χ0) is 33.7. The van der Waals surface area contributed by atoms with Crippen molar-refractivity contribution < 1.29 is 33.8 Å². The molecule has 1 unspecified atom stereocenters. The first kappa shape index (κ1) is 34.8. The van der Waals surface area contributed by atoms with Crippen LogP contribution in [0.1, 0.15) is 37.4 Å². The minimum atomic E-state index is -1.32. The molecule has 3 aliphatic heterocycles. The molecule has 12 heteroatoms. The third-order valence-electron chi connectivity index (χ3n) is 9.06. The highest BCUT2D eigenvalue weighted by Gasteiger charge is 2.77. The van der Waals surface area contributed by atoms with E-state index < -0.39 is 47.6 Å². The summed E-state index contributed by atoms with van der Waals surface area (Å²) in [6, 6.07) is 14.8. The minimum Gasteiger partial charge on any atom is -0.455 e. The van der Waals surface area contributed by atoms with Crippen molar-refractivity contribution in [2.45, 2.75) is 54.4 Å². The van der Waals surface area contributed by atoms with E-state index in [0.717, 1.165) is 0 Å². The van der Waals surface area contributed by atoms with Crippen LogP contribution in [0.2, 0.25) is 5.02 Å². The van der Waals surface area contributed by atoms with Gasteiger partial charge in [0.15, 0.2) is 0 Å². The fourth-order valence-corrected chi connectivity index (χ4v) is 8.09. The van der Waals surface area contributed by atoms with Crippen LogP contribution in [0, 0.1) is 11.8 Å². The summed E-state index contributed by atoms with van der Waals surface area (Å²) < 4.78 is 12.7. The molecule has 3 fully saturated rings. The maximum atomic E-state index is 14.6. The summed E-state index contributed by atoms with van der Waals surface area (Å²) in [6.45, 7) is 7.57. The molecule has 3 amide bonds. The Morgan fingerprint density at radius 3 is 2.55 bits per heavy atom. The third kappa shape index (κ3) is 6.90. The van der Waals surface area contributed by atoms with Crippen LogP contribution in [0.25, 0.3) is 0 Å². The van der Waals surface area contributed by atoms with E-state index in [2.05, 4.69) is 34.4 Å². The predicted octanol–water partition coefficient (Wildman–Crippen LogP) is 4.36. The maximum Gasteiger partial charge on any atom is 0.313 e. The van der Waals surface area contributed by atoms with Gasteiger partial charge in [-0.05, 0) is 49.1 Å². The number of aliphatic hydroxyl groups is 1. The number of esters is 1. The van der Waals surface area contributed by atoms with Crippen molar-refractivity contribution >= 4 is 56.9 Å². The molecule has 0 aromatic heterocycles. The van der Waals surface area contributed by atoms with Gasteiger partial charge in [-0.3, -0.25) is 19.2 Å². The zero-order valence-corrected chi connectivity index (χ0v) is 28.3. The molecule has 3 heterocycles. The fraction of sp³-hybridized carbons (Fsp3) is 0.429. The van der Waals surface area contributed by atoms with Gasteiger partial charge in [0.2, 0.25) is 11.8 Å². The number of amides is 3. The summed E-state index contributed by atoms with van der Waals surface area (Å²) in [4.78, 5) is 58.1. The molecule has 2 aromatic carbocycles. The molecule has 0 aliphatic carbocycles. The summed E-state index contributed by atoms with van der Waals surface area (Å²) in [6.07, 6.45) is 3.00. The van der Waals surface area contributed by atoms with Gasteiger partial charge in [0.25, 0.3) is 5.91 Å². The van der Waals surface area contributed by atoms with Gasteiger partial charge in [0, 0.05) is 41.7 Å². The van der Waals surface area contributed by atoms with Gasteiger partial charge in [-0.2, -0.15) is 0 Å². The Hall–Kier alpha value is -3.51. The van der Waals surface area contributed by atoms with Gasteiger partial charge in [0.05, 0.1) is 24.5 Å². The molecule has 1 spiro atoms. The quantitative estimate of drug-likeness (QED) is 0.159. The SMILES string of the molecule is C=CCCC(=O)NC[C@H](OC(=O)[C@@H]1[C@H]2O[C@@]3(CC2Br)[C@H](C(=O)N(CC=C)c2ccc(Cl)cc2)N(CCCO)C(=O)[C@@H]13)c1ccccc1. The number of likely N-dealkylation sites (tertiary alicyclic amines) is 1. The fourth-order valence-electron chi connectivity index (χ4n) is 7.02. The summed E-state index contributed by atoms with van der Waals surface area (Å²) in [5, 5.41) is 13.0. The Morgan fingerprint density at radius 1 is 1.17 bits per heavy atom. The van der Waals surface area contributed by atoms with Gasteiger partial charge in [-0.25, -0.2) is 0 Å². The monoisotopic (exact) mass is 727 g/mol. The summed E-state index contributed by atoms with van der Waals surface area (Å²) in [5.41, 5.74) is -0.0787. The van der Waals surface area contributed by atoms with Crippen molar-refractivity contribution in [2.75, 3.05) is 31.1 Å². The number of allylic oxidation sites excluding steroid dienone is 1. The Kier molecular flexibility index (Phi) is 11.2. The van der Waals surface area contributed by atoms with Gasteiger partial charge in [0.1, 0.15) is 17.7 Å². The molecular weight excluding hydrogens is 690 g/mol. The number of fused-ring (bicyclic) bond motifs is 1. The van der Waals surface area contributed by atoms with Crippen molar-refractivity contribution in [3.8, 4) is 0 Å². The van der Waals surface area contributed by atoms with E-state index in [4.69, 9.17) is 21.1 Å². The number of carbonyl (C=O) groups is 4. The average molecular weight is 729 g/mol. The van der Waals surface area contributed by atoms with Crippen LogP contribution in [0.3, 0.4) is 0 Å². The number of halogens is 2. The lowest BCUT2D eigenvalue weighted by atomic mass is 9.70. The van der Waals surface area contributed by atoms with E-state index in [1.165, 1.54) is 9.80 Å². The lowest BCUT2D eigenvalue weighted by Gasteiger charge is -2.37. The lowest BCUT2D eigenvalue weighted by molar-refractivity contribution is -0.160. The largest absolute Gasteiger partial charge is 0.455 e. The first-order valence-corrected chi connectivity index (χ1v) is 17.0. The highest BCUT2D eigenvalue weighted by molar-refractivity contribution is 9.09. The second-order valence-corrected chi connectivity index (χ2v) is 13.6. The molecule has 0 saturated carbocycles. The number of hydrogen-bond acceptors (Lipinski definition) is 7. The van der Waals surface area contributed by atoms with Crippen molar-refractivity contribution in [2.24, 2.45) is 11.8 Å². The molecule has 2 aromatic rings. The van der Waals surface area contributed by atoms with E-state index in [-0.39, 0.29) is 55.7 Å². The summed E-state index contributed by atoms with van der Waals surface area (Å²) >= 11 is 9.81. The second-order valence-electron chi connectivity index (χ2n) is 12.0. The average Bonchev–Trinajstić information content (AvgIpc) is 3.67. The second kappa shape index (κ2) is 15.1. The van der Waals surface area contributed by atoms with Crippen LogP contribution in [0.4, 0.5) is 5.69 Å². The molecular formula is C35H39BrClN3O7. The molecule has 2 bridgehead atoms. The van der Waals surface area contributed by atoms with Gasteiger partial charge in [-0.15, -0.1) is 13.2 Å². The molecule has 2 N–H and O–H groups in total. The van der Waals surface area contributed by atoms with E-state index >= 15 is 0 Å². The van der Waals surface area contributed by atoms with E-state index in [9.17, 15) is 24.3 Å². The maximum absolute atomic E-state index is 14.6. The molecule has 0 radical (unpaired) electrons. The molecule has 10 nitrogen and oxygen atoms in total. The Labute approximate surface area is 287 Å². The van der Waals surface area contributed by atoms with Crippen LogP contribution in [0.5, 0.6) is 0 Å².